The number of nitrogens with zero attached hydrogens (tertiary/aromatic N) is 3. The maximum Gasteiger partial charge on any atom is 0.248 e. The molecule has 24 heavy (non-hydrogen) atoms. The number of aromatic nitrogens is 2. The number of rotatable bonds is 4. The van der Waals surface area contributed by atoms with Gasteiger partial charge in [0.1, 0.15) is 6.04 Å². The summed E-state index contributed by atoms with van der Waals surface area (Å²) in [5.74, 6) is -0.0102. The van der Waals surface area contributed by atoms with Crippen molar-refractivity contribution in [3.05, 3.63) is 47.8 Å². The van der Waals surface area contributed by atoms with Crippen molar-refractivity contribution >= 4 is 24.0 Å². The van der Waals surface area contributed by atoms with Crippen molar-refractivity contribution in [2.75, 3.05) is 19.0 Å². The van der Waals surface area contributed by atoms with Crippen LogP contribution in [0.1, 0.15) is 37.9 Å². The lowest BCUT2D eigenvalue weighted by Gasteiger charge is -2.24. The second-order valence-corrected chi connectivity index (χ2v) is 6.86. The van der Waals surface area contributed by atoms with Gasteiger partial charge in [0.05, 0.1) is 6.20 Å². The average molecular weight is 351 g/mol. The van der Waals surface area contributed by atoms with Gasteiger partial charge in [-0.1, -0.05) is 32.9 Å². The topological polar surface area (TPSA) is 50.2 Å². The number of aryl methyl sites for hydroxylation is 1. The number of halogens is 1. The van der Waals surface area contributed by atoms with Gasteiger partial charge in [-0.15, -0.1) is 12.4 Å². The molecule has 1 atom stereocenters. The average Bonchev–Trinajstić information content (AvgIpc) is 2.92. The van der Waals surface area contributed by atoms with E-state index in [9.17, 15) is 4.79 Å². The molecule has 1 heterocycles. The van der Waals surface area contributed by atoms with Crippen LogP contribution < -0.4 is 10.2 Å². The number of nitrogens with one attached hydrogen (secondary N) is 1. The predicted octanol–water partition coefficient (Wildman–Crippen LogP) is 3.06. The molecule has 1 unspecified atom stereocenters. The Kier molecular flexibility index (Phi) is 6.58. The van der Waals surface area contributed by atoms with Gasteiger partial charge in [0.2, 0.25) is 5.91 Å². The van der Waals surface area contributed by atoms with Crippen LogP contribution in [-0.2, 0) is 17.3 Å². The summed E-state index contributed by atoms with van der Waals surface area (Å²) in [6.45, 7) is 6.53. The molecular formula is C18H27ClN4O. The van der Waals surface area contributed by atoms with Gasteiger partial charge in [-0.2, -0.15) is 5.10 Å². The lowest BCUT2D eigenvalue weighted by atomic mass is 9.87. The zero-order valence-corrected chi connectivity index (χ0v) is 16.0. The molecule has 0 aliphatic rings. The number of amides is 1. The highest BCUT2D eigenvalue weighted by molar-refractivity contribution is 5.97. The van der Waals surface area contributed by atoms with Gasteiger partial charge in [0, 0.05) is 31.5 Å². The Bertz CT molecular complexity index is 673. The van der Waals surface area contributed by atoms with Crippen molar-refractivity contribution in [2.45, 2.75) is 32.2 Å². The molecule has 0 aliphatic heterocycles. The fourth-order valence-corrected chi connectivity index (χ4v) is 2.53. The highest BCUT2D eigenvalue weighted by Gasteiger charge is 2.24. The summed E-state index contributed by atoms with van der Waals surface area (Å²) in [7, 11) is 5.43. The van der Waals surface area contributed by atoms with Crippen LogP contribution >= 0.6 is 12.4 Å². The number of hydrogen-bond acceptors (Lipinski definition) is 3. The first-order valence-electron chi connectivity index (χ1n) is 7.78. The summed E-state index contributed by atoms with van der Waals surface area (Å²) in [6.07, 6.45) is 3.57. The Balaban J connectivity index is 0.00000288. The summed E-state index contributed by atoms with van der Waals surface area (Å²) < 4.78 is 1.70. The molecule has 1 aromatic carbocycles. The van der Waals surface area contributed by atoms with E-state index >= 15 is 0 Å². The molecule has 132 valence electrons. The lowest BCUT2D eigenvalue weighted by molar-refractivity contribution is -0.120. The molecule has 6 heteroatoms. The summed E-state index contributed by atoms with van der Waals surface area (Å²) in [5.41, 5.74) is 3.09. The monoisotopic (exact) mass is 350 g/mol. The maximum absolute atomic E-state index is 12.8. The van der Waals surface area contributed by atoms with E-state index in [2.05, 4.69) is 43.3 Å². The van der Waals surface area contributed by atoms with Crippen LogP contribution in [0, 0.1) is 0 Å². The Morgan fingerprint density at radius 1 is 1.25 bits per heavy atom. The van der Waals surface area contributed by atoms with Crippen molar-refractivity contribution in [3.63, 3.8) is 0 Å². The molecule has 0 bridgehead atoms. The third kappa shape index (κ3) is 4.36. The quantitative estimate of drug-likeness (QED) is 0.922. The van der Waals surface area contributed by atoms with Crippen LogP contribution in [-0.4, -0.2) is 29.8 Å². The molecule has 1 amide bonds. The first-order chi connectivity index (χ1) is 10.7. The molecule has 5 nitrogen and oxygen atoms in total. The number of hydrogen-bond donors (Lipinski definition) is 1. The Hall–Kier alpha value is -1.85. The summed E-state index contributed by atoms with van der Waals surface area (Å²) in [4.78, 5) is 14.5. The smallest absolute Gasteiger partial charge is 0.248 e. The Morgan fingerprint density at radius 2 is 1.83 bits per heavy atom. The van der Waals surface area contributed by atoms with Crippen molar-refractivity contribution in [2.24, 2.45) is 7.05 Å². The number of carbonyl (C=O) groups excluding carboxylic acids is 1. The van der Waals surface area contributed by atoms with Crippen LogP contribution in [0.2, 0.25) is 0 Å². The minimum Gasteiger partial charge on any atom is -0.314 e. The largest absolute Gasteiger partial charge is 0.314 e. The summed E-state index contributed by atoms with van der Waals surface area (Å²) in [6, 6.07) is 7.74. The highest BCUT2D eigenvalue weighted by Crippen LogP contribution is 2.25. The zero-order valence-electron chi connectivity index (χ0n) is 15.2. The Labute approximate surface area is 150 Å². The molecule has 0 saturated heterocycles. The minimum atomic E-state index is -0.406. The first kappa shape index (κ1) is 20.2. The van der Waals surface area contributed by atoms with Gasteiger partial charge in [-0.05, 0) is 30.2 Å². The van der Waals surface area contributed by atoms with E-state index in [1.807, 2.05) is 25.4 Å². The van der Waals surface area contributed by atoms with Crippen LogP contribution in [0.25, 0.3) is 0 Å². The fourth-order valence-electron chi connectivity index (χ4n) is 2.53. The molecule has 1 N–H and O–H groups in total. The van der Waals surface area contributed by atoms with E-state index in [-0.39, 0.29) is 23.7 Å². The summed E-state index contributed by atoms with van der Waals surface area (Å²) in [5, 5.41) is 7.22. The second kappa shape index (κ2) is 7.81. The second-order valence-electron chi connectivity index (χ2n) is 6.86. The molecule has 0 saturated carbocycles. The molecule has 2 aromatic rings. The molecule has 0 spiro atoms. The van der Waals surface area contributed by atoms with E-state index < -0.39 is 6.04 Å². The molecule has 0 fully saturated rings. The molecule has 2 rings (SSSR count). The number of carbonyl (C=O) groups is 1. The molecule has 0 aliphatic carbocycles. The highest BCUT2D eigenvalue weighted by atomic mass is 35.5. The third-order valence-electron chi connectivity index (χ3n) is 4.05. The van der Waals surface area contributed by atoms with E-state index in [0.717, 1.165) is 11.3 Å². The number of benzene rings is 1. The molecule has 0 radical (unpaired) electrons. The van der Waals surface area contributed by atoms with Gasteiger partial charge in [-0.25, -0.2) is 0 Å². The standard InChI is InChI=1S/C18H26N4O.ClH/c1-18(2,3)14-7-9-15(10-8-14)22(6)17(23)16(19-4)13-11-20-21(5)12-13;/h7-12,16,19H,1-6H3;1H. The van der Waals surface area contributed by atoms with Gasteiger partial charge < -0.3 is 10.2 Å². The van der Waals surface area contributed by atoms with E-state index in [0.29, 0.717) is 0 Å². The van der Waals surface area contributed by atoms with Crippen molar-refractivity contribution in [1.29, 1.82) is 0 Å². The van der Waals surface area contributed by atoms with Crippen LogP contribution in [0.4, 0.5) is 5.69 Å². The van der Waals surface area contributed by atoms with Crippen LogP contribution in [0.15, 0.2) is 36.7 Å². The van der Waals surface area contributed by atoms with Crippen molar-refractivity contribution in [1.82, 2.24) is 15.1 Å². The van der Waals surface area contributed by atoms with E-state index in [4.69, 9.17) is 0 Å². The fraction of sp³-hybridized carbons (Fsp3) is 0.444. The first-order valence-corrected chi connectivity index (χ1v) is 7.78. The molecule has 1 aromatic heterocycles. The third-order valence-corrected chi connectivity index (χ3v) is 4.05. The van der Waals surface area contributed by atoms with Crippen LogP contribution in [0.3, 0.4) is 0 Å². The lowest BCUT2D eigenvalue weighted by Crippen LogP contribution is -2.37. The SMILES string of the molecule is CNC(C(=O)N(C)c1ccc(C(C)(C)C)cc1)c1cnn(C)c1.Cl. The number of anilines is 1. The maximum atomic E-state index is 12.8. The van der Waals surface area contributed by atoms with Crippen molar-refractivity contribution < 1.29 is 4.79 Å². The van der Waals surface area contributed by atoms with Gasteiger partial charge >= 0.3 is 0 Å². The van der Waals surface area contributed by atoms with Gasteiger partial charge in [-0.3, -0.25) is 9.48 Å². The van der Waals surface area contributed by atoms with Gasteiger partial charge in [0.25, 0.3) is 0 Å². The number of likely N-dealkylation sites (N-methyl/N-ethyl adjacent to an activating group) is 2. The van der Waals surface area contributed by atoms with Crippen molar-refractivity contribution in [3.8, 4) is 0 Å². The van der Waals surface area contributed by atoms with Crippen LogP contribution in [0.5, 0.6) is 0 Å². The normalized spacial score (nSPS) is 12.4. The predicted molar refractivity (Wildman–Crippen MR) is 101 cm³/mol. The van der Waals surface area contributed by atoms with E-state index in [1.54, 1.807) is 29.9 Å². The van der Waals surface area contributed by atoms with E-state index in [1.165, 1.54) is 5.56 Å². The molecular weight excluding hydrogens is 324 g/mol. The Morgan fingerprint density at radius 3 is 2.25 bits per heavy atom. The zero-order chi connectivity index (χ0) is 17.2. The van der Waals surface area contributed by atoms with Gasteiger partial charge in [0.15, 0.2) is 0 Å². The minimum absolute atomic E-state index is 0. The summed E-state index contributed by atoms with van der Waals surface area (Å²) >= 11 is 0.